The number of imide groups is 1. The third kappa shape index (κ3) is 3.83. The van der Waals surface area contributed by atoms with Crippen molar-refractivity contribution < 1.29 is 23.9 Å². The van der Waals surface area contributed by atoms with Gasteiger partial charge in [-0.3, -0.25) is 19.3 Å². The summed E-state index contributed by atoms with van der Waals surface area (Å²) < 4.78 is 5.06. The molecule has 0 unspecified atom stereocenters. The standard InChI is InChI=1S/C21H24N2O5/c1-12-8-9-13(2)17(10-12)22-18(24)11-28-21(27)14(3)23-19(25)15-6-4-5-7-16(15)20(23)26/h4-5,8-10,14-16H,6-7,11H2,1-3H3,(H,22,24)/t14-,15+,16+/m0/s1. The Hall–Kier alpha value is -2.96. The molecule has 1 aromatic rings. The number of fused-ring (bicyclic) bond motifs is 1. The molecule has 7 nitrogen and oxygen atoms in total. The first kappa shape index (κ1) is 19.8. The van der Waals surface area contributed by atoms with E-state index < -0.39 is 36.4 Å². The molecule has 1 saturated heterocycles. The Balaban J connectivity index is 1.57. The van der Waals surface area contributed by atoms with Crippen LogP contribution in [0, 0.1) is 25.7 Å². The lowest BCUT2D eigenvalue weighted by molar-refractivity contribution is -0.159. The van der Waals surface area contributed by atoms with Crippen molar-refractivity contribution in [3.8, 4) is 0 Å². The van der Waals surface area contributed by atoms with E-state index in [2.05, 4.69) is 5.32 Å². The zero-order chi connectivity index (χ0) is 20.4. The molecule has 28 heavy (non-hydrogen) atoms. The number of nitrogens with zero attached hydrogens (tertiary/aromatic N) is 1. The van der Waals surface area contributed by atoms with Crippen LogP contribution < -0.4 is 5.32 Å². The molecule has 1 fully saturated rings. The number of carbonyl (C=O) groups excluding carboxylic acids is 4. The van der Waals surface area contributed by atoms with Gasteiger partial charge in [0.25, 0.3) is 5.91 Å². The van der Waals surface area contributed by atoms with Gasteiger partial charge in [0.2, 0.25) is 11.8 Å². The maximum absolute atomic E-state index is 12.5. The molecule has 2 aliphatic rings. The third-order valence-electron chi connectivity index (χ3n) is 5.28. The van der Waals surface area contributed by atoms with Crippen molar-refractivity contribution in [3.05, 3.63) is 41.5 Å². The van der Waals surface area contributed by atoms with E-state index in [0.29, 0.717) is 18.5 Å². The van der Waals surface area contributed by atoms with Crippen molar-refractivity contribution >= 4 is 29.4 Å². The summed E-state index contributed by atoms with van der Waals surface area (Å²) in [4.78, 5) is 50.5. The lowest BCUT2D eigenvalue weighted by atomic mass is 9.85. The van der Waals surface area contributed by atoms with Crippen molar-refractivity contribution in [2.24, 2.45) is 11.8 Å². The smallest absolute Gasteiger partial charge is 0.329 e. The quantitative estimate of drug-likeness (QED) is 0.477. The average Bonchev–Trinajstić information content (AvgIpc) is 2.93. The van der Waals surface area contributed by atoms with Crippen LogP contribution in [-0.2, 0) is 23.9 Å². The van der Waals surface area contributed by atoms with Crippen LogP contribution in [0.4, 0.5) is 5.69 Å². The predicted octanol–water partition coefficient (Wildman–Crippen LogP) is 2.12. The molecule has 1 aliphatic heterocycles. The number of allylic oxidation sites excluding steroid dienone is 2. The van der Waals surface area contributed by atoms with Gasteiger partial charge in [-0.05, 0) is 50.8 Å². The first-order valence-electron chi connectivity index (χ1n) is 9.35. The predicted molar refractivity (Wildman–Crippen MR) is 102 cm³/mol. The molecule has 0 saturated carbocycles. The van der Waals surface area contributed by atoms with E-state index in [4.69, 9.17) is 4.74 Å². The van der Waals surface area contributed by atoms with Gasteiger partial charge in [0.1, 0.15) is 6.04 Å². The van der Waals surface area contributed by atoms with E-state index in [1.807, 2.05) is 44.2 Å². The van der Waals surface area contributed by atoms with E-state index in [9.17, 15) is 19.2 Å². The van der Waals surface area contributed by atoms with E-state index in [0.717, 1.165) is 16.0 Å². The second-order valence-corrected chi connectivity index (χ2v) is 7.35. The SMILES string of the molecule is Cc1ccc(C)c(NC(=O)COC(=O)[C@H](C)N2C(=O)[C@@H]3CC=CC[C@H]3C2=O)c1. The molecule has 3 rings (SSSR count). The number of nitrogens with one attached hydrogen (secondary N) is 1. The van der Waals surface area contributed by atoms with Crippen LogP contribution in [0.15, 0.2) is 30.4 Å². The number of ether oxygens (including phenoxy) is 1. The van der Waals surface area contributed by atoms with Gasteiger partial charge < -0.3 is 10.1 Å². The van der Waals surface area contributed by atoms with Crippen LogP contribution in [-0.4, -0.2) is 41.2 Å². The van der Waals surface area contributed by atoms with Crippen LogP contribution in [0.1, 0.15) is 30.9 Å². The fourth-order valence-electron chi connectivity index (χ4n) is 3.63. The van der Waals surface area contributed by atoms with Crippen molar-refractivity contribution in [1.82, 2.24) is 4.90 Å². The number of hydrogen-bond acceptors (Lipinski definition) is 5. The van der Waals surface area contributed by atoms with E-state index in [1.165, 1.54) is 6.92 Å². The first-order valence-corrected chi connectivity index (χ1v) is 9.35. The second kappa shape index (κ2) is 7.96. The molecule has 0 radical (unpaired) electrons. The van der Waals surface area contributed by atoms with Crippen LogP contribution in [0.2, 0.25) is 0 Å². The van der Waals surface area contributed by atoms with Gasteiger partial charge in [-0.15, -0.1) is 0 Å². The number of benzene rings is 1. The molecule has 1 N–H and O–H groups in total. The minimum Gasteiger partial charge on any atom is -0.454 e. The maximum atomic E-state index is 12.5. The summed E-state index contributed by atoms with van der Waals surface area (Å²) in [5.74, 6) is -2.75. The molecule has 7 heteroatoms. The average molecular weight is 384 g/mol. The molecule has 1 aliphatic carbocycles. The molecular weight excluding hydrogens is 360 g/mol. The summed E-state index contributed by atoms with van der Waals surface area (Å²) in [5.41, 5.74) is 2.53. The number of amides is 3. The van der Waals surface area contributed by atoms with E-state index in [1.54, 1.807) is 0 Å². The molecular formula is C21H24N2O5. The highest BCUT2D eigenvalue weighted by Crippen LogP contribution is 2.36. The third-order valence-corrected chi connectivity index (χ3v) is 5.28. The molecule has 148 valence electrons. The lowest BCUT2D eigenvalue weighted by Gasteiger charge is -2.21. The Morgan fingerprint density at radius 1 is 1.14 bits per heavy atom. The Labute approximate surface area is 163 Å². The highest BCUT2D eigenvalue weighted by atomic mass is 16.5. The van der Waals surface area contributed by atoms with E-state index in [-0.39, 0.29) is 11.8 Å². The van der Waals surface area contributed by atoms with Gasteiger partial charge in [-0.25, -0.2) is 4.79 Å². The van der Waals surface area contributed by atoms with Gasteiger partial charge in [-0.2, -0.15) is 0 Å². The maximum Gasteiger partial charge on any atom is 0.329 e. The van der Waals surface area contributed by atoms with Crippen LogP contribution in [0.25, 0.3) is 0 Å². The van der Waals surface area contributed by atoms with Gasteiger partial charge in [0.05, 0.1) is 11.8 Å². The molecule has 0 aromatic heterocycles. The zero-order valence-corrected chi connectivity index (χ0v) is 16.2. The van der Waals surface area contributed by atoms with Crippen LogP contribution >= 0.6 is 0 Å². The van der Waals surface area contributed by atoms with E-state index >= 15 is 0 Å². The number of anilines is 1. The fourth-order valence-corrected chi connectivity index (χ4v) is 3.63. The van der Waals surface area contributed by atoms with Crippen molar-refractivity contribution in [1.29, 1.82) is 0 Å². The summed E-state index contributed by atoms with van der Waals surface area (Å²) in [7, 11) is 0. The largest absolute Gasteiger partial charge is 0.454 e. The number of aryl methyl sites for hydroxylation is 2. The Bertz CT molecular complexity index is 834. The Kier molecular flexibility index (Phi) is 5.63. The zero-order valence-electron chi connectivity index (χ0n) is 16.2. The summed E-state index contributed by atoms with van der Waals surface area (Å²) >= 11 is 0. The highest BCUT2D eigenvalue weighted by Gasteiger charge is 2.50. The number of esters is 1. The van der Waals surface area contributed by atoms with Crippen LogP contribution in [0.3, 0.4) is 0 Å². The summed E-state index contributed by atoms with van der Waals surface area (Å²) in [6.45, 7) is 4.74. The van der Waals surface area contributed by atoms with Crippen molar-refractivity contribution in [2.45, 2.75) is 39.7 Å². The number of carbonyl (C=O) groups is 4. The molecule has 0 spiro atoms. The van der Waals surface area contributed by atoms with Gasteiger partial charge in [0, 0.05) is 5.69 Å². The monoisotopic (exact) mass is 384 g/mol. The van der Waals surface area contributed by atoms with Crippen molar-refractivity contribution in [2.75, 3.05) is 11.9 Å². The Morgan fingerprint density at radius 3 is 2.36 bits per heavy atom. The normalized spacial score (nSPS) is 22.0. The van der Waals surface area contributed by atoms with Gasteiger partial charge in [0.15, 0.2) is 6.61 Å². The van der Waals surface area contributed by atoms with Gasteiger partial charge >= 0.3 is 5.97 Å². The second-order valence-electron chi connectivity index (χ2n) is 7.35. The lowest BCUT2D eigenvalue weighted by Crippen LogP contribution is -2.45. The topological polar surface area (TPSA) is 92.8 Å². The van der Waals surface area contributed by atoms with Gasteiger partial charge in [-0.1, -0.05) is 24.3 Å². The van der Waals surface area contributed by atoms with Crippen LogP contribution in [0.5, 0.6) is 0 Å². The number of hydrogen-bond donors (Lipinski definition) is 1. The summed E-state index contributed by atoms with van der Waals surface area (Å²) in [6, 6.07) is 4.59. The summed E-state index contributed by atoms with van der Waals surface area (Å²) in [6.07, 6.45) is 4.78. The molecule has 1 heterocycles. The molecule has 1 aromatic carbocycles. The van der Waals surface area contributed by atoms with Crippen molar-refractivity contribution in [3.63, 3.8) is 0 Å². The minimum absolute atomic E-state index is 0.344. The fraction of sp³-hybridized carbons (Fsp3) is 0.429. The summed E-state index contributed by atoms with van der Waals surface area (Å²) in [5, 5.41) is 2.70. The molecule has 0 bridgehead atoms. The number of likely N-dealkylation sites (tertiary alicyclic amines) is 1. The minimum atomic E-state index is -1.06. The Morgan fingerprint density at radius 2 is 1.75 bits per heavy atom. The number of rotatable bonds is 5. The molecule has 3 amide bonds. The molecule has 3 atom stereocenters. The first-order chi connectivity index (χ1) is 13.3. The highest BCUT2D eigenvalue weighted by molar-refractivity contribution is 6.08.